The summed E-state index contributed by atoms with van der Waals surface area (Å²) in [6.07, 6.45) is 11.5. The number of carboxylic acid groups (broad SMARTS) is 1. The van der Waals surface area contributed by atoms with Crippen LogP contribution in [0.15, 0.2) is 36.9 Å². The van der Waals surface area contributed by atoms with Crippen LogP contribution in [0.25, 0.3) is 40.9 Å². The molecular weight excluding hydrogens is 905 g/mol. The van der Waals surface area contributed by atoms with E-state index in [0.717, 1.165) is 101 Å². The minimum atomic E-state index is -0.733. The number of piperidine rings is 1. The summed E-state index contributed by atoms with van der Waals surface area (Å²) in [4.78, 5) is 51.7. The summed E-state index contributed by atoms with van der Waals surface area (Å²) in [6.45, 7) is 4.18. The maximum atomic E-state index is 13.3. The molecular formula is C44H44N12O5S4. The number of nitrogens with zero attached hydrogens (tertiary/aromatic N) is 10. The van der Waals surface area contributed by atoms with E-state index in [1.54, 1.807) is 43.2 Å². The van der Waals surface area contributed by atoms with Crippen LogP contribution in [-0.4, -0.2) is 112 Å². The van der Waals surface area contributed by atoms with Crippen LogP contribution in [0.3, 0.4) is 0 Å². The fraction of sp³-hybridized carbons (Fsp3) is 0.409. The molecule has 17 nitrogen and oxygen atoms in total. The van der Waals surface area contributed by atoms with E-state index in [1.807, 2.05) is 24.3 Å². The predicted octanol–water partition coefficient (Wildman–Crippen LogP) is 7.89. The van der Waals surface area contributed by atoms with Crippen molar-refractivity contribution in [3.8, 4) is 11.5 Å². The number of ether oxygens (including phenoxy) is 2. The van der Waals surface area contributed by atoms with Gasteiger partial charge in [0, 0.05) is 46.9 Å². The van der Waals surface area contributed by atoms with E-state index in [9.17, 15) is 14.7 Å². The van der Waals surface area contributed by atoms with Gasteiger partial charge in [0.05, 0.1) is 51.7 Å². The van der Waals surface area contributed by atoms with Crippen molar-refractivity contribution in [3.63, 3.8) is 0 Å². The number of carbonyl (C=O) groups excluding carboxylic acids is 1. The first-order chi connectivity index (χ1) is 31.8. The third-order valence-corrected chi connectivity index (χ3v) is 16.8. The highest BCUT2D eigenvalue weighted by molar-refractivity contribution is 7.19. The van der Waals surface area contributed by atoms with Crippen molar-refractivity contribution in [1.82, 2.24) is 48.9 Å². The van der Waals surface area contributed by atoms with Crippen LogP contribution in [-0.2, 0) is 35.3 Å². The molecule has 2 aromatic carbocycles. The number of fused-ring (bicyclic) bond motifs is 8. The molecule has 0 unspecified atom stereocenters. The molecule has 21 heteroatoms. The second kappa shape index (κ2) is 17.6. The van der Waals surface area contributed by atoms with Gasteiger partial charge in [-0.25, -0.2) is 19.9 Å². The molecule has 2 aliphatic carbocycles. The number of rotatable bonds is 9. The topological polar surface area (TPSA) is 206 Å². The molecule has 0 radical (unpaired) electrons. The monoisotopic (exact) mass is 948 g/mol. The molecule has 8 heterocycles. The number of anilines is 4. The Labute approximate surface area is 388 Å². The number of thiophene rings is 2. The lowest BCUT2D eigenvalue weighted by molar-refractivity contribution is -0.144. The Kier molecular flexibility index (Phi) is 11.3. The number of nitrogens with one attached hydrogen (secondary N) is 2. The van der Waals surface area contributed by atoms with E-state index in [0.29, 0.717) is 48.5 Å². The van der Waals surface area contributed by atoms with E-state index in [4.69, 9.17) is 9.47 Å². The number of aromatic nitrogens is 8. The second-order valence-corrected chi connectivity index (χ2v) is 20.6. The summed E-state index contributed by atoms with van der Waals surface area (Å²) in [7, 11) is 3.26. The van der Waals surface area contributed by atoms with Crippen molar-refractivity contribution in [2.45, 2.75) is 63.8 Å². The Bertz CT molecular complexity index is 3100. The number of likely N-dealkylation sites (tertiary alicyclic amines) is 2. The van der Waals surface area contributed by atoms with Crippen molar-refractivity contribution >= 4 is 121 Å². The Balaban J connectivity index is 0.000000150. The molecule has 0 spiro atoms. The Morgan fingerprint density at radius 1 is 0.708 bits per heavy atom. The van der Waals surface area contributed by atoms with Crippen molar-refractivity contribution in [2.75, 3.05) is 51.0 Å². The standard InChI is InChI=1S/C26H29N7O2S2.C18H15N5O3S2/c1-35-20-10-19-22(37-31-30-19)11-18(20)29-24-23-17-6-5-15(9-21(17)36-25(23)28-14-27-24)26(34)33-12-16(13-33)32-7-3-2-4-8-32;1-26-12-5-11-14(28-23-22-11)6-10(12)21-16-15-9-3-2-8(18(24)25)4-13(9)27-17(15)20-7-19-16/h10-11,14-16H,2-9,12-13H2,1H3,(H,27,28,29);5-8H,2-4H2,1H3,(H,24,25)(H,19,20,21)/t15-;8-/m00/s1. The van der Waals surface area contributed by atoms with Crippen LogP contribution in [0.5, 0.6) is 11.5 Å². The zero-order valence-corrected chi connectivity index (χ0v) is 38.8. The van der Waals surface area contributed by atoms with Gasteiger partial charge in [0.15, 0.2) is 0 Å². The van der Waals surface area contributed by atoms with Crippen LogP contribution in [0.4, 0.5) is 23.0 Å². The van der Waals surface area contributed by atoms with Gasteiger partial charge in [-0.2, -0.15) is 0 Å². The zero-order valence-electron chi connectivity index (χ0n) is 35.6. The molecule has 4 aliphatic rings. The lowest BCUT2D eigenvalue weighted by Gasteiger charge is -2.47. The van der Waals surface area contributed by atoms with Crippen LogP contribution in [0.1, 0.15) is 53.0 Å². The number of methoxy groups -OCH3 is 2. The van der Waals surface area contributed by atoms with Crippen LogP contribution >= 0.6 is 45.7 Å². The SMILES string of the molecule is COc1cc2nnsc2cc1Nc1ncnc2sc3c(c12)CC[C@H](C(=O)N1CC(N2CCCCC2)C1)C3.COc1cc2nnsc2cc1Nc1ncnc2sc3c(c12)CC[C@H](C(=O)O)C3. The van der Waals surface area contributed by atoms with Gasteiger partial charge in [0.25, 0.3) is 0 Å². The lowest BCUT2D eigenvalue weighted by Crippen LogP contribution is -2.63. The van der Waals surface area contributed by atoms with E-state index < -0.39 is 5.97 Å². The van der Waals surface area contributed by atoms with Gasteiger partial charge in [-0.05, 0) is 111 Å². The number of carboxylic acids is 1. The van der Waals surface area contributed by atoms with Gasteiger partial charge in [-0.15, -0.1) is 32.9 Å². The Hall–Kier alpha value is -5.74. The maximum Gasteiger partial charge on any atom is 0.306 e. The molecule has 6 aromatic heterocycles. The predicted molar refractivity (Wildman–Crippen MR) is 254 cm³/mol. The maximum absolute atomic E-state index is 13.3. The summed E-state index contributed by atoms with van der Waals surface area (Å²) in [5.41, 5.74) is 5.63. The van der Waals surface area contributed by atoms with Crippen LogP contribution in [0.2, 0.25) is 0 Å². The average Bonchev–Trinajstić information content (AvgIpc) is 4.13. The second-order valence-electron chi connectivity index (χ2n) is 16.9. The van der Waals surface area contributed by atoms with Crippen molar-refractivity contribution in [2.24, 2.45) is 11.8 Å². The number of benzene rings is 2. The van der Waals surface area contributed by atoms with Gasteiger partial charge < -0.3 is 30.1 Å². The van der Waals surface area contributed by atoms with Crippen molar-refractivity contribution in [1.29, 1.82) is 0 Å². The Morgan fingerprint density at radius 3 is 1.75 bits per heavy atom. The Morgan fingerprint density at radius 2 is 1.23 bits per heavy atom. The van der Waals surface area contributed by atoms with Crippen molar-refractivity contribution in [3.05, 3.63) is 57.8 Å². The number of hydrogen-bond donors (Lipinski definition) is 3. The van der Waals surface area contributed by atoms with Gasteiger partial charge in [-0.3, -0.25) is 14.5 Å². The molecule has 8 aromatic rings. The highest BCUT2D eigenvalue weighted by Gasteiger charge is 2.39. The molecule has 2 aliphatic heterocycles. The summed E-state index contributed by atoms with van der Waals surface area (Å²) < 4.78 is 21.1. The third kappa shape index (κ3) is 7.95. The number of aliphatic carboxylic acids is 1. The number of hydrogen-bond acceptors (Lipinski definition) is 19. The molecule has 2 atom stereocenters. The molecule has 2 saturated heterocycles. The highest BCUT2D eigenvalue weighted by atomic mass is 32.1. The van der Waals surface area contributed by atoms with Gasteiger partial charge >= 0.3 is 5.97 Å². The first kappa shape index (κ1) is 41.9. The van der Waals surface area contributed by atoms with E-state index in [-0.39, 0.29) is 11.8 Å². The largest absolute Gasteiger partial charge is 0.494 e. The fourth-order valence-corrected chi connectivity index (χ4v) is 13.3. The quantitative estimate of drug-likeness (QED) is 0.126. The summed E-state index contributed by atoms with van der Waals surface area (Å²) in [5, 5.41) is 26.5. The molecule has 0 bridgehead atoms. The minimum Gasteiger partial charge on any atom is -0.494 e. The molecule has 3 N–H and O–H groups in total. The van der Waals surface area contributed by atoms with Crippen LogP contribution < -0.4 is 20.1 Å². The van der Waals surface area contributed by atoms with E-state index in [2.05, 4.69) is 59.5 Å². The fourth-order valence-electron chi connectivity index (χ4n) is 9.65. The molecule has 0 saturated carbocycles. The van der Waals surface area contributed by atoms with Crippen LogP contribution in [0, 0.1) is 11.8 Å². The van der Waals surface area contributed by atoms with Crippen molar-refractivity contribution < 1.29 is 24.2 Å². The van der Waals surface area contributed by atoms with Gasteiger partial charge in [-0.1, -0.05) is 15.4 Å². The average molecular weight is 949 g/mol. The molecule has 1 amide bonds. The summed E-state index contributed by atoms with van der Waals surface area (Å²) in [6, 6.07) is 8.26. The molecule has 65 heavy (non-hydrogen) atoms. The normalized spacial score (nSPS) is 18.8. The van der Waals surface area contributed by atoms with E-state index in [1.165, 1.54) is 72.2 Å². The lowest BCUT2D eigenvalue weighted by atomic mass is 9.86. The number of amides is 1. The number of aryl methyl sites for hydroxylation is 2. The first-order valence-electron chi connectivity index (χ1n) is 21.7. The van der Waals surface area contributed by atoms with Gasteiger partial charge in [0.2, 0.25) is 5.91 Å². The number of carbonyl (C=O) groups is 2. The zero-order chi connectivity index (χ0) is 44.2. The smallest absolute Gasteiger partial charge is 0.306 e. The summed E-state index contributed by atoms with van der Waals surface area (Å²) in [5.74, 6) is 2.16. The molecule has 334 valence electrons. The molecule has 12 rings (SSSR count). The summed E-state index contributed by atoms with van der Waals surface area (Å²) >= 11 is 5.93. The first-order valence-corrected chi connectivity index (χ1v) is 24.9. The third-order valence-electron chi connectivity index (χ3n) is 13.1. The van der Waals surface area contributed by atoms with Gasteiger partial charge in [0.1, 0.15) is 56.5 Å². The highest BCUT2D eigenvalue weighted by Crippen LogP contribution is 2.44. The molecule has 2 fully saturated rings. The van der Waals surface area contributed by atoms with E-state index >= 15 is 0 Å². The minimum absolute atomic E-state index is 0.0635.